The average molecular weight is 262 g/mol. The second-order valence-corrected chi connectivity index (χ2v) is 5.21. The fourth-order valence-electron chi connectivity index (χ4n) is 3.17. The van der Waals surface area contributed by atoms with Gasteiger partial charge in [0, 0.05) is 25.2 Å². The number of hydrogen-bond donors (Lipinski definition) is 1. The summed E-state index contributed by atoms with van der Waals surface area (Å²) in [5, 5.41) is 3.19. The molecule has 106 valence electrons. The minimum Gasteiger partial charge on any atom is -0.373 e. The summed E-state index contributed by atoms with van der Waals surface area (Å²) < 4.78 is 0. The standard InChI is InChI=1S/C15H26N4/c1-4-13-14(16-3)17-11-18-15(13)19(5-2)12-9-7-6-8-10-12/h11-12H,4-10H2,1-3H3,(H,16,17,18). The minimum atomic E-state index is 0.656. The number of hydrogen-bond acceptors (Lipinski definition) is 4. The number of rotatable bonds is 5. The molecular formula is C15H26N4. The van der Waals surface area contributed by atoms with Crippen molar-refractivity contribution >= 4 is 11.6 Å². The van der Waals surface area contributed by atoms with Crippen LogP contribution >= 0.6 is 0 Å². The van der Waals surface area contributed by atoms with Crippen molar-refractivity contribution in [2.24, 2.45) is 0 Å². The Labute approximate surface area is 116 Å². The number of nitrogens with one attached hydrogen (secondary N) is 1. The highest BCUT2D eigenvalue weighted by molar-refractivity contribution is 5.59. The van der Waals surface area contributed by atoms with Crippen molar-refractivity contribution in [2.75, 3.05) is 23.8 Å². The third-order valence-electron chi connectivity index (χ3n) is 4.14. The summed E-state index contributed by atoms with van der Waals surface area (Å²) in [5.74, 6) is 2.11. The van der Waals surface area contributed by atoms with Gasteiger partial charge in [-0.05, 0) is 26.2 Å². The molecule has 0 saturated heterocycles. The van der Waals surface area contributed by atoms with Gasteiger partial charge in [0.05, 0.1) is 0 Å². The topological polar surface area (TPSA) is 41.1 Å². The van der Waals surface area contributed by atoms with E-state index in [1.807, 2.05) is 7.05 Å². The summed E-state index contributed by atoms with van der Waals surface area (Å²) in [5.41, 5.74) is 1.25. The smallest absolute Gasteiger partial charge is 0.137 e. The lowest BCUT2D eigenvalue weighted by molar-refractivity contribution is 0.415. The molecule has 0 atom stereocenters. The molecule has 0 spiro atoms. The Bertz CT molecular complexity index is 399. The average Bonchev–Trinajstić information content (AvgIpc) is 2.48. The lowest BCUT2D eigenvalue weighted by Gasteiger charge is -2.35. The molecule has 1 aromatic heterocycles. The van der Waals surface area contributed by atoms with Crippen LogP contribution in [0, 0.1) is 0 Å². The predicted molar refractivity (Wildman–Crippen MR) is 80.8 cm³/mol. The van der Waals surface area contributed by atoms with E-state index in [0.29, 0.717) is 6.04 Å². The van der Waals surface area contributed by atoms with E-state index in [1.165, 1.54) is 37.7 Å². The zero-order valence-corrected chi connectivity index (χ0v) is 12.4. The highest BCUT2D eigenvalue weighted by atomic mass is 15.2. The highest BCUT2D eigenvalue weighted by Gasteiger charge is 2.23. The van der Waals surface area contributed by atoms with Crippen molar-refractivity contribution in [3.05, 3.63) is 11.9 Å². The van der Waals surface area contributed by atoms with Gasteiger partial charge < -0.3 is 10.2 Å². The largest absolute Gasteiger partial charge is 0.373 e. The molecule has 0 aromatic carbocycles. The van der Waals surface area contributed by atoms with Gasteiger partial charge in [0.1, 0.15) is 18.0 Å². The van der Waals surface area contributed by atoms with Crippen LogP contribution < -0.4 is 10.2 Å². The van der Waals surface area contributed by atoms with E-state index in [2.05, 4.69) is 34.0 Å². The molecule has 1 aliphatic rings. The fraction of sp³-hybridized carbons (Fsp3) is 0.733. The van der Waals surface area contributed by atoms with Crippen molar-refractivity contribution in [2.45, 2.75) is 58.4 Å². The van der Waals surface area contributed by atoms with E-state index in [9.17, 15) is 0 Å². The van der Waals surface area contributed by atoms with Gasteiger partial charge in [-0.25, -0.2) is 9.97 Å². The summed E-state index contributed by atoms with van der Waals surface area (Å²) in [6.07, 6.45) is 9.35. The van der Waals surface area contributed by atoms with Gasteiger partial charge in [-0.1, -0.05) is 26.2 Å². The molecule has 2 rings (SSSR count). The van der Waals surface area contributed by atoms with Crippen LogP contribution in [0.1, 0.15) is 51.5 Å². The molecule has 0 aliphatic heterocycles. The van der Waals surface area contributed by atoms with Crippen LogP contribution in [0.4, 0.5) is 11.6 Å². The van der Waals surface area contributed by atoms with Crippen LogP contribution in [-0.2, 0) is 6.42 Å². The Kier molecular flexibility index (Phi) is 5.00. The normalized spacial score (nSPS) is 16.4. The Hall–Kier alpha value is -1.32. The monoisotopic (exact) mass is 262 g/mol. The maximum Gasteiger partial charge on any atom is 0.137 e. The molecule has 19 heavy (non-hydrogen) atoms. The fourth-order valence-corrected chi connectivity index (χ4v) is 3.17. The summed E-state index contributed by atoms with van der Waals surface area (Å²) >= 11 is 0. The predicted octanol–water partition coefficient (Wildman–Crippen LogP) is 3.24. The summed E-state index contributed by atoms with van der Waals surface area (Å²) in [7, 11) is 1.93. The van der Waals surface area contributed by atoms with Crippen molar-refractivity contribution < 1.29 is 0 Å². The van der Waals surface area contributed by atoms with Crippen LogP contribution in [0.15, 0.2) is 6.33 Å². The van der Waals surface area contributed by atoms with Gasteiger partial charge in [-0.15, -0.1) is 0 Å². The van der Waals surface area contributed by atoms with Gasteiger partial charge in [-0.2, -0.15) is 0 Å². The zero-order valence-electron chi connectivity index (χ0n) is 12.4. The first-order chi connectivity index (χ1) is 9.31. The van der Waals surface area contributed by atoms with E-state index in [4.69, 9.17) is 0 Å². The van der Waals surface area contributed by atoms with Crippen LogP contribution in [0.3, 0.4) is 0 Å². The Morgan fingerprint density at radius 2 is 1.95 bits per heavy atom. The molecule has 1 heterocycles. The first-order valence-electron chi connectivity index (χ1n) is 7.60. The number of aromatic nitrogens is 2. The molecule has 1 aliphatic carbocycles. The van der Waals surface area contributed by atoms with Crippen molar-refractivity contribution in [1.82, 2.24) is 9.97 Å². The Morgan fingerprint density at radius 1 is 1.21 bits per heavy atom. The van der Waals surface area contributed by atoms with E-state index < -0.39 is 0 Å². The van der Waals surface area contributed by atoms with Crippen LogP contribution in [0.25, 0.3) is 0 Å². The summed E-state index contributed by atoms with van der Waals surface area (Å²) in [6, 6.07) is 0.656. The second-order valence-electron chi connectivity index (χ2n) is 5.21. The van der Waals surface area contributed by atoms with Gasteiger partial charge in [0.25, 0.3) is 0 Å². The third-order valence-corrected chi connectivity index (χ3v) is 4.14. The molecule has 4 nitrogen and oxygen atoms in total. The van der Waals surface area contributed by atoms with Crippen molar-refractivity contribution in [3.63, 3.8) is 0 Å². The third kappa shape index (κ3) is 2.99. The van der Waals surface area contributed by atoms with Gasteiger partial charge in [0.15, 0.2) is 0 Å². The second kappa shape index (κ2) is 6.73. The first kappa shape index (κ1) is 14.1. The highest BCUT2D eigenvalue weighted by Crippen LogP contribution is 2.30. The van der Waals surface area contributed by atoms with Crippen LogP contribution in [-0.4, -0.2) is 29.6 Å². The van der Waals surface area contributed by atoms with E-state index >= 15 is 0 Å². The molecule has 1 N–H and O–H groups in total. The molecule has 4 heteroatoms. The molecule has 0 bridgehead atoms. The summed E-state index contributed by atoms with van der Waals surface area (Å²) in [4.78, 5) is 11.4. The van der Waals surface area contributed by atoms with E-state index in [0.717, 1.165) is 24.6 Å². The van der Waals surface area contributed by atoms with Gasteiger partial charge in [0.2, 0.25) is 0 Å². The van der Waals surface area contributed by atoms with Gasteiger partial charge in [-0.3, -0.25) is 0 Å². The molecule has 1 fully saturated rings. The van der Waals surface area contributed by atoms with Gasteiger partial charge >= 0.3 is 0 Å². The van der Waals surface area contributed by atoms with Crippen molar-refractivity contribution in [3.8, 4) is 0 Å². The molecule has 0 amide bonds. The SMILES string of the molecule is CCc1c(NC)ncnc1N(CC)C1CCCCC1. The molecule has 0 radical (unpaired) electrons. The summed E-state index contributed by atoms with van der Waals surface area (Å²) in [6.45, 7) is 5.44. The first-order valence-corrected chi connectivity index (χ1v) is 7.60. The van der Waals surface area contributed by atoms with Crippen LogP contribution in [0.2, 0.25) is 0 Å². The quantitative estimate of drug-likeness (QED) is 0.884. The van der Waals surface area contributed by atoms with Crippen molar-refractivity contribution in [1.29, 1.82) is 0 Å². The maximum atomic E-state index is 4.58. The lowest BCUT2D eigenvalue weighted by atomic mass is 9.94. The lowest BCUT2D eigenvalue weighted by Crippen LogP contribution is -2.38. The molecule has 1 aromatic rings. The minimum absolute atomic E-state index is 0.656. The zero-order chi connectivity index (χ0) is 13.7. The van der Waals surface area contributed by atoms with E-state index in [-0.39, 0.29) is 0 Å². The molecular weight excluding hydrogens is 236 g/mol. The maximum absolute atomic E-state index is 4.58. The number of anilines is 2. The van der Waals surface area contributed by atoms with Crippen LogP contribution in [0.5, 0.6) is 0 Å². The molecule has 0 unspecified atom stereocenters. The molecule has 1 saturated carbocycles. The Morgan fingerprint density at radius 3 is 2.53 bits per heavy atom. The number of nitrogens with zero attached hydrogens (tertiary/aromatic N) is 3. The van der Waals surface area contributed by atoms with E-state index in [1.54, 1.807) is 6.33 Å². The Balaban J connectivity index is 2.31.